The lowest BCUT2D eigenvalue weighted by molar-refractivity contribution is -0.148. The highest BCUT2D eigenvalue weighted by atomic mass is 16.5. The number of aryl methyl sites for hydroxylation is 1. The Hall–Kier alpha value is -2.13. The largest absolute Gasteiger partial charge is 0.466 e. The number of carbonyl (C=O) groups is 1. The van der Waals surface area contributed by atoms with E-state index in [1.807, 2.05) is 13.1 Å². The summed E-state index contributed by atoms with van der Waals surface area (Å²) in [6.07, 6.45) is 6.45. The van der Waals surface area contributed by atoms with Gasteiger partial charge in [-0.05, 0) is 62.6 Å². The second kappa shape index (κ2) is 10.1. The van der Waals surface area contributed by atoms with E-state index in [2.05, 4.69) is 28.6 Å². The summed E-state index contributed by atoms with van der Waals surface area (Å²) in [5.41, 5.74) is 2.90. The monoisotopic (exact) mass is 358 g/mol. The number of nitrogens with one attached hydrogen (secondary N) is 2. The van der Waals surface area contributed by atoms with Crippen LogP contribution in [0.3, 0.4) is 0 Å². The summed E-state index contributed by atoms with van der Waals surface area (Å²) in [5.74, 6) is 0.759. The number of pyridine rings is 1. The van der Waals surface area contributed by atoms with E-state index in [9.17, 15) is 10.1 Å². The lowest BCUT2D eigenvalue weighted by Crippen LogP contribution is -2.33. The highest BCUT2D eigenvalue weighted by molar-refractivity contribution is 5.72. The molecule has 1 aromatic heterocycles. The van der Waals surface area contributed by atoms with E-state index in [0.29, 0.717) is 30.5 Å². The Kier molecular flexibility index (Phi) is 7.86. The molecular weight excluding hydrogens is 328 g/mol. The van der Waals surface area contributed by atoms with Crippen LogP contribution in [0.25, 0.3) is 0 Å². The summed E-state index contributed by atoms with van der Waals surface area (Å²) in [7, 11) is 1.78. The van der Waals surface area contributed by atoms with E-state index >= 15 is 0 Å². The first-order valence-electron chi connectivity index (χ1n) is 9.60. The maximum atomic E-state index is 12.3. The van der Waals surface area contributed by atoms with Crippen LogP contribution in [0.1, 0.15) is 49.8 Å². The van der Waals surface area contributed by atoms with Gasteiger partial charge in [-0.1, -0.05) is 6.92 Å². The molecule has 2 unspecified atom stereocenters. The molecule has 1 aromatic rings. The smallest absolute Gasteiger partial charge is 0.310 e. The van der Waals surface area contributed by atoms with Gasteiger partial charge in [0.1, 0.15) is 11.9 Å². The third kappa shape index (κ3) is 4.95. The lowest BCUT2D eigenvalue weighted by Gasteiger charge is -2.28. The number of hydrogen-bond acceptors (Lipinski definition) is 6. The predicted octanol–water partition coefficient (Wildman–Crippen LogP) is 2.67. The molecule has 6 nitrogen and oxygen atoms in total. The molecule has 0 saturated carbocycles. The van der Waals surface area contributed by atoms with Crippen molar-refractivity contribution < 1.29 is 9.53 Å². The first-order chi connectivity index (χ1) is 12.6. The first kappa shape index (κ1) is 20.2. The van der Waals surface area contributed by atoms with Gasteiger partial charge in [0.15, 0.2) is 0 Å². The standard InChI is InChI=1S/C20H30N4O2/c1-4-8-23-12-16(20(25)26-5-2)9-14-6-7-15-13-24-19(22-3)18(11-21)17(15)10-14/h13-14,16,23H,4-10,12H2,1-3H3,(H,22,24). The Bertz CT molecular complexity index is 654. The fraction of sp³-hybridized carbons (Fsp3) is 0.650. The number of aromatic nitrogens is 1. The zero-order valence-electron chi connectivity index (χ0n) is 16.1. The molecule has 1 aliphatic rings. The summed E-state index contributed by atoms with van der Waals surface area (Å²) >= 11 is 0. The molecule has 142 valence electrons. The molecule has 0 bridgehead atoms. The van der Waals surface area contributed by atoms with E-state index in [1.54, 1.807) is 7.05 Å². The van der Waals surface area contributed by atoms with Gasteiger partial charge in [-0.2, -0.15) is 5.26 Å². The van der Waals surface area contributed by atoms with Crippen LogP contribution in [0.4, 0.5) is 5.82 Å². The van der Waals surface area contributed by atoms with Crippen LogP contribution in [0, 0.1) is 23.2 Å². The van der Waals surface area contributed by atoms with Gasteiger partial charge in [0.05, 0.1) is 18.1 Å². The first-order valence-corrected chi connectivity index (χ1v) is 9.60. The number of nitriles is 1. The van der Waals surface area contributed by atoms with Gasteiger partial charge in [0.25, 0.3) is 0 Å². The molecule has 0 aliphatic heterocycles. The van der Waals surface area contributed by atoms with Crippen LogP contribution in [-0.4, -0.2) is 37.7 Å². The average Bonchev–Trinajstić information content (AvgIpc) is 2.66. The van der Waals surface area contributed by atoms with Crippen molar-refractivity contribution in [1.82, 2.24) is 10.3 Å². The maximum Gasteiger partial charge on any atom is 0.310 e. The number of fused-ring (bicyclic) bond motifs is 1. The molecule has 0 radical (unpaired) electrons. The van der Waals surface area contributed by atoms with Crippen molar-refractivity contribution in [3.8, 4) is 6.07 Å². The molecule has 2 N–H and O–H groups in total. The topological polar surface area (TPSA) is 87.0 Å². The zero-order valence-corrected chi connectivity index (χ0v) is 16.1. The summed E-state index contributed by atoms with van der Waals surface area (Å²) in [5, 5.41) is 15.9. The second-order valence-corrected chi connectivity index (χ2v) is 6.85. The van der Waals surface area contributed by atoms with Crippen LogP contribution >= 0.6 is 0 Å². The van der Waals surface area contributed by atoms with Crippen molar-refractivity contribution >= 4 is 11.8 Å². The number of carbonyl (C=O) groups excluding carboxylic acids is 1. The Morgan fingerprint density at radius 1 is 1.50 bits per heavy atom. The van der Waals surface area contributed by atoms with E-state index in [0.717, 1.165) is 49.8 Å². The van der Waals surface area contributed by atoms with Gasteiger partial charge >= 0.3 is 5.97 Å². The summed E-state index contributed by atoms with van der Waals surface area (Å²) in [6, 6.07) is 2.30. The molecule has 1 heterocycles. The van der Waals surface area contributed by atoms with Gasteiger partial charge in [-0.3, -0.25) is 4.79 Å². The molecule has 6 heteroatoms. The Morgan fingerprint density at radius 3 is 2.96 bits per heavy atom. The molecule has 1 aliphatic carbocycles. The molecular formula is C20H30N4O2. The Morgan fingerprint density at radius 2 is 2.31 bits per heavy atom. The van der Waals surface area contributed by atoms with E-state index in [1.165, 1.54) is 0 Å². The quantitative estimate of drug-likeness (QED) is 0.521. The average molecular weight is 358 g/mol. The molecule has 26 heavy (non-hydrogen) atoms. The normalized spacial score (nSPS) is 17.1. The van der Waals surface area contributed by atoms with Crippen LogP contribution in [-0.2, 0) is 22.4 Å². The third-order valence-corrected chi connectivity index (χ3v) is 4.99. The second-order valence-electron chi connectivity index (χ2n) is 6.85. The fourth-order valence-corrected chi connectivity index (χ4v) is 3.68. The summed E-state index contributed by atoms with van der Waals surface area (Å²) < 4.78 is 5.28. The highest BCUT2D eigenvalue weighted by Gasteiger charge is 2.28. The van der Waals surface area contributed by atoms with E-state index in [4.69, 9.17) is 4.74 Å². The van der Waals surface area contributed by atoms with Gasteiger partial charge in [0, 0.05) is 19.8 Å². The van der Waals surface area contributed by atoms with Gasteiger partial charge in [-0.15, -0.1) is 0 Å². The van der Waals surface area contributed by atoms with Crippen molar-refractivity contribution in [3.05, 3.63) is 22.9 Å². The van der Waals surface area contributed by atoms with Crippen molar-refractivity contribution in [1.29, 1.82) is 5.26 Å². The Balaban J connectivity index is 2.12. The SMILES string of the molecule is CCCNCC(CC1CCc2cnc(NC)c(C#N)c2C1)C(=O)OCC. The van der Waals surface area contributed by atoms with E-state index < -0.39 is 0 Å². The number of ether oxygens (including phenoxy) is 1. The highest BCUT2D eigenvalue weighted by Crippen LogP contribution is 2.33. The van der Waals surface area contributed by atoms with E-state index in [-0.39, 0.29) is 11.9 Å². The molecule has 2 atom stereocenters. The molecule has 2 rings (SSSR count). The zero-order chi connectivity index (χ0) is 18.9. The predicted molar refractivity (Wildman–Crippen MR) is 102 cm³/mol. The molecule has 0 fully saturated rings. The van der Waals surface area contributed by atoms with Crippen molar-refractivity contribution in [2.24, 2.45) is 11.8 Å². The van der Waals surface area contributed by atoms with Crippen LogP contribution < -0.4 is 10.6 Å². The van der Waals surface area contributed by atoms with Crippen LogP contribution in [0.15, 0.2) is 6.20 Å². The summed E-state index contributed by atoms with van der Waals surface area (Å²) in [4.78, 5) is 16.7. The number of anilines is 1. The van der Waals surface area contributed by atoms with Gasteiger partial charge in [0.2, 0.25) is 0 Å². The molecule has 0 spiro atoms. The van der Waals surface area contributed by atoms with Gasteiger partial charge in [-0.25, -0.2) is 4.98 Å². The number of nitrogens with zero attached hydrogens (tertiary/aromatic N) is 2. The number of hydrogen-bond donors (Lipinski definition) is 2. The minimum Gasteiger partial charge on any atom is -0.466 e. The Labute approximate surface area is 156 Å². The van der Waals surface area contributed by atoms with Crippen molar-refractivity contribution in [3.63, 3.8) is 0 Å². The summed E-state index contributed by atoms with van der Waals surface area (Å²) in [6.45, 7) is 5.92. The minimum absolute atomic E-state index is 0.118. The number of rotatable bonds is 9. The molecule has 0 saturated heterocycles. The fourth-order valence-electron chi connectivity index (χ4n) is 3.68. The van der Waals surface area contributed by atoms with Crippen molar-refractivity contribution in [2.75, 3.05) is 32.1 Å². The van der Waals surface area contributed by atoms with Gasteiger partial charge < -0.3 is 15.4 Å². The molecule has 0 aromatic carbocycles. The van der Waals surface area contributed by atoms with Crippen LogP contribution in [0.2, 0.25) is 0 Å². The van der Waals surface area contributed by atoms with Crippen molar-refractivity contribution in [2.45, 2.75) is 46.0 Å². The maximum absolute atomic E-state index is 12.3. The number of esters is 1. The molecule has 0 amide bonds. The third-order valence-electron chi connectivity index (χ3n) is 4.99. The van der Waals surface area contributed by atoms with Crippen LogP contribution in [0.5, 0.6) is 0 Å². The lowest BCUT2D eigenvalue weighted by atomic mass is 9.78. The minimum atomic E-state index is -0.135.